The maximum atomic E-state index is 13.3. The van der Waals surface area contributed by atoms with Crippen molar-refractivity contribution >= 4 is 31.9 Å². The van der Waals surface area contributed by atoms with Gasteiger partial charge in [0.2, 0.25) is 0 Å². The van der Waals surface area contributed by atoms with Crippen LogP contribution in [0.4, 0.5) is 4.79 Å². The molecule has 156 valence electrons. The van der Waals surface area contributed by atoms with Crippen molar-refractivity contribution < 1.29 is 31.2 Å². The van der Waals surface area contributed by atoms with E-state index in [0.29, 0.717) is 4.31 Å². The van der Waals surface area contributed by atoms with Crippen LogP contribution in [0.2, 0.25) is 0 Å². The minimum absolute atomic E-state index is 0.0589. The molecule has 1 amide bonds. The Labute approximate surface area is 170 Å². The Hall–Kier alpha value is -2.72. The fraction of sp³-hybridized carbons (Fsp3) is 0.263. The molecule has 0 heterocycles. The highest BCUT2D eigenvalue weighted by Crippen LogP contribution is 2.30. The Bertz CT molecular complexity index is 1130. The minimum Gasteiger partial charge on any atom is -0.372 e. The first-order chi connectivity index (χ1) is 13.3. The quantitative estimate of drug-likeness (QED) is 0.531. The van der Waals surface area contributed by atoms with E-state index in [1.807, 2.05) is 0 Å². The molecule has 0 atom stereocenters. The first-order valence-electron chi connectivity index (χ1n) is 8.42. The minimum atomic E-state index is -4.67. The van der Waals surface area contributed by atoms with Crippen LogP contribution in [-0.2, 0) is 24.6 Å². The molecule has 0 aromatic heterocycles. The molecule has 0 aliphatic rings. The molecule has 2 aromatic carbocycles. The van der Waals surface area contributed by atoms with Gasteiger partial charge in [-0.1, -0.05) is 30.3 Å². The Kier molecular flexibility index (Phi) is 6.19. The summed E-state index contributed by atoms with van der Waals surface area (Å²) in [6.07, 6.45) is -0.574. The summed E-state index contributed by atoms with van der Waals surface area (Å²) in [4.78, 5) is 23.9. The largest absolute Gasteiger partial charge is 0.432 e. The zero-order valence-corrected chi connectivity index (χ0v) is 18.0. The molecule has 10 heteroatoms. The number of sulfone groups is 1. The second-order valence-corrected chi connectivity index (χ2v) is 10.9. The van der Waals surface area contributed by atoms with Crippen molar-refractivity contribution in [1.82, 2.24) is 4.31 Å². The molecular formula is C19H21NO7S2. The molecule has 8 nitrogen and oxygen atoms in total. The molecule has 0 bridgehead atoms. The summed E-state index contributed by atoms with van der Waals surface area (Å²) in [6, 6.07) is 12.5. The van der Waals surface area contributed by atoms with Gasteiger partial charge in [-0.25, -0.2) is 26.4 Å². The lowest BCUT2D eigenvalue weighted by molar-refractivity contribution is 0.0553. The van der Waals surface area contributed by atoms with Crippen LogP contribution in [0.3, 0.4) is 0 Å². The van der Waals surface area contributed by atoms with Gasteiger partial charge in [0.25, 0.3) is 10.0 Å². The van der Waals surface area contributed by atoms with Crippen LogP contribution in [0.5, 0.6) is 0 Å². The van der Waals surface area contributed by atoms with Crippen LogP contribution in [-0.4, -0.2) is 45.0 Å². The van der Waals surface area contributed by atoms with Crippen LogP contribution in [0.1, 0.15) is 31.1 Å². The standard InChI is InChI=1S/C19H21NO7S2/c1-19(2,3)20(18(22)27-17(21)14-10-6-5-7-11-14)29(25,26)16-13-9-8-12-15(16)28(4,23)24/h5-13H,1-4H3. The molecular weight excluding hydrogens is 418 g/mol. The normalized spacial score (nSPS) is 12.3. The fourth-order valence-electron chi connectivity index (χ4n) is 2.55. The molecule has 29 heavy (non-hydrogen) atoms. The fourth-order valence-corrected chi connectivity index (χ4v) is 5.81. The van der Waals surface area contributed by atoms with Crippen molar-refractivity contribution in [2.45, 2.75) is 36.1 Å². The molecule has 2 rings (SSSR count). The third-order valence-electron chi connectivity index (χ3n) is 3.73. The second kappa shape index (κ2) is 7.96. The molecule has 0 saturated heterocycles. The van der Waals surface area contributed by atoms with Gasteiger partial charge in [-0.15, -0.1) is 0 Å². The highest BCUT2D eigenvalue weighted by molar-refractivity contribution is 7.93. The summed E-state index contributed by atoms with van der Waals surface area (Å²) in [7, 11) is -8.58. The maximum absolute atomic E-state index is 13.3. The van der Waals surface area contributed by atoms with E-state index >= 15 is 0 Å². The van der Waals surface area contributed by atoms with E-state index in [1.54, 1.807) is 18.2 Å². The van der Waals surface area contributed by atoms with Gasteiger partial charge < -0.3 is 4.74 Å². The van der Waals surface area contributed by atoms with E-state index in [4.69, 9.17) is 4.74 Å². The van der Waals surface area contributed by atoms with Gasteiger partial charge in [0, 0.05) is 6.26 Å². The third-order valence-corrected chi connectivity index (χ3v) is 7.10. The van der Waals surface area contributed by atoms with Gasteiger partial charge in [0.15, 0.2) is 9.84 Å². The van der Waals surface area contributed by atoms with Crippen molar-refractivity contribution in [3.8, 4) is 0 Å². The summed E-state index contributed by atoms with van der Waals surface area (Å²) in [5.74, 6) is -1.03. The molecule has 0 radical (unpaired) electrons. The first-order valence-corrected chi connectivity index (χ1v) is 11.7. The molecule has 0 aliphatic carbocycles. The van der Waals surface area contributed by atoms with Crippen molar-refractivity contribution in [2.24, 2.45) is 0 Å². The van der Waals surface area contributed by atoms with Crippen LogP contribution < -0.4 is 0 Å². The summed E-state index contributed by atoms with van der Waals surface area (Å²) in [6.45, 7) is 4.26. The number of hydrogen-bond donors (Lipinski definition) is 0. The molecule has 0 spiro atoms. The van der Waals surface area contributed by atoms with Gasteiger partial charge in [-0.05, 0) is 45.0 Å². The van der Waals surface area contributed by atoms with E-state index in [0.717, 1.165) is 18.4 Å². The summed E-state index contributed by atoms with van der Waals surface area (Å²) < 4.78 is 55.8. The smallest absolute Gasteiger partial charge is 0.372 e. The number of nitrogens with zero attached hydrogens (tertiary/aromatic N) is 1. The van der Waals surface area contributed by atoms with Crippen molar-refractivity contribution in [2.75, 3.05) is 6.26 Å². The molecule has 0 aliphatic heterocycles. The molecule has 0 saturated carbocycles. The first kappa shape index (κ1) is 22.6. The van der Waals surface area contributed by atoms with E-state index in [-0.39, 0.29) is 5.56 Å². The molecule has 2 aromatic rings. The number of esters is 1. The van der Waals surface area contributed by atoms with Crippen LogP contribution in [0.15, 0.2) is 64.4 Å². The predicted molar refractivity (Wildman–Crippen MR) is 106 cm³/mol. The lowest BCUT2D eigenvalue weighted by Crippen LogP contribution is -2.50. The third kappa shape index (κ3) is 5.01. The van der Waals surface area contributed by atoms with Crippen LogP contribution in [0.25, 0.3) is 0 Å². The summed E-state index contributed by atoms with van der Waals surface area (Å²) >= 11 is 0. The number of carbonyl (C=O) groups is 2. The number of amides is 1. The van der Waals surface area contributed by atoms with Gasteiger partial charge >= 0.3 is 12.1 Å². The topological polar surface area (TPSA) is 115 Å². The Balaban J connectivity index is 2.54. The van der Waals surface area contributed by atoms with Crippen LogP contribution >= 0.6 is 0 Å². The number of rotatable bonds is 4. The number of benzene rings is 2. The van der Waals surface area contributed by atoms with E-state index in [1.165, 1.54) is 45.0 Å². The maximum Gasteiger partial charge on any atom is 0.432 e. The molecule has 0 fully saturated rings. The predicted octanol–water partition coefficient (Wildman–Crippen LogP) is 2.86. The number of sulfonamides is 1. The van der Waals surface area contributed by atoms with Gasteiger partial charge in [0.05, 0.1) is 16.0 Å². The highest BCUT2D eigenvalue weighted by Gasteiger charge is 2.42. The van der Waals surface area contributed by atoms with Gasteiger partial charge in [-0.3, -0.25) is 0 Å². The second-order valence-electron chi connectivity index (χ2n) is 7.18. The Morgan fingerprint density at radius 2 is 1.31 bits per heavy atom. The zero-order chi connectivity index (χ0) is 22.0. The van der Waals surface area contributed by atoms with E-state index in [2.05, 4.69) is 0 Å². The summed E-state index contributed by atoms with van der Waals surface area (Å²) in [5.41, 5.74) is -1.29. The van der Waals surface area contributed by atoms with E-state index < -0.39 is 47.3 Å². The lowest BCUT2D eigenvalue weighted by Gasteiger charge is -2.33. The molecule has 0 unspecified atom stereocenters. The number of carbonyl (C=O) groups excluding carboxylic acids is 2. The monoisotopic (exact) mass is 439 g/mol. The average molecular weight is 440 g/mol. The molecule has 0 N–H and O–H groups in total. The van der Waals surface area contributed by atoms with Crippen molar-refractivity contribution in [3.05, 3.63) is 60.2 Å². The van der Waals surface area contributed by atoms with Crippen molar-refractivity contribution in [1.29, 1.82) is 0 Å². The Morgan fingerprint density at radius 3 is 1.79 bits per heavy atom. The number of hydrogen-bond acceptors (Lipinski definition) is 7. The van der Waals surface area contributed by atoms with E-state index in [9.17, 15) is 26.4 Å². The van der Waals surface area contributed by atoms with Gasteiger partial charge in [0.1, 0.15) is 4.90 Å². The SMILES string of the molecule is CC(C)(C)N(C(=O)OC(=O)c1ccccc1)S(=O)(=O)c1ccccc1S(C)(=O)=O. The zero-order valence-electron chi connectivity index (χ0n) is 16.3. The average Bonchev–Trinajstić information content (AvgIpc) is 2.60. The Morgan fingerprint density at radius 1 is 0.828 bits per heavy atom. The highest BCUT2D eigenvalue weighted by atomic mass is 32.2. The summed E-state index contributed by atoms with van der Waals surface area (Å²) in [5, 5.41) is 0. The van der Waals surface area contributed by atoms with Crippen LogP contribution in [0, 0.1) is 0 Å². The van der Waals surface area contributed by atoms with Gasteiger partial charge in [-0.2, -0.15) is 4.31 Å². The number of ether oxygens (including phenoxy) is 1. The van der Waals surface area contributed by atoms with Crippen molar-refractivity contribution in [3.63, 3.8) is 0 Å². The lowest BCUT2D eigenvalue weighted by atomic mass is 10.1.